The zero-order valence-corrected chi connectivity index (χ0v) is 19.8. The average molecular weight is 465 g/mol. The number of piperazine rings is 1. The molecule has 32 heavy (non-hydrogen) atoms. The molecule has 1 aliphatic rings. The summed E-state index contributed by atoms with van der Waals surface area (Å²) in [7, 11) is 0. The van der Waals surface area contributed by atoms with E-state index in [1.54, 1.807) is 11.3 Å². The van der Waals surface area contributed by atoms with Crippen molar-refractivity contribution in [3.8, 4) is 11.3 Å². The molecule has 2 aromatic carbocycles. The normalized spacial score (nSPS) is 14.3. The van der Waals surface area contributed by atoms with Crippen molar-refractivity contribution in [1.82, 2.24) is 14.3 Å². The lowest BCUT2D eigenvalue weighted by atomic mass is 10.0. The molecule has 5 rings (SSSR count). The third-order valence-electron chi connectivity index (χ3n) is 6.24. The molecule has 0 radical (unpaired) electrons. The summed E-state index contributed by atoms with van der Waals surface area (Å²) in [6.07, 6.45) is 2.45. The van der Waals surface area contributed by atoms with E-state index in [0.717, 1.165) is 58.8 Å². The van der Waals surface area contributed by atoms with Gasteiger partial charge in [0.15, 0.2) is 4.96 Å². The zero-order chi connectivity index (χ0) is 22.2. The van der Waals surface area contributed by atoms with Crippen molar-refractivity contribution in [2.24, 2.45) is 0 Å². The quantitative estimate of drug-likeness (QED) is 0.415. The lowest BCUT2D eigenvalue weighted by Gasteiger charge is -2.36. The molecule has 0 atom stereocenters. The van der Waals surface area contributed by atoms with E-state index in [0.29, 0.717) is 6.42 Å². The van der Waals surface area contributed by atoms with E-state index in [4.69, 9.17) is 16.6 Å². The monoisotopic (exact) mass is 464 g/mol. The van der Waals surface area contributed by atoms with Crippen molar-refractivity contribution in [3.05, 3.63) is 75.9 Å². The van der Waals surface area contributed by atoms with E-state index in [-0.39, 0.29) is 5.91 Å². The number of hydrogen-bond acceptors (Lipinski definition) is 4. The van der Waals surface area contributed by atoms with Crippen LogP contribution in [0.2, 0.25) is 5.02 Å². The van der Waals surface area contributed by atoms with E-state index < -0.39 is 0 Å². The van der Waals surface area contributed by atoms with E-state index in [9.17, 15) is 4.79 Å². The third kappa shape index (κ3) is 4.12. The molecule has 7 heteroatoms. The van der Waals surface area contributed by atoms with Crippen LogP contribution in [0.15, 0.2) is 54.0 Å². The zero-order valence-electron chi connectivity index (χ0n) is 18.2. The van der Waals surface area contributed by atoms with Crippen LogP contribution in [-0.4, -0.2) is 46.4 Å². The van der Waals surface area contributed by atoms with E-state index in [2.05, 4.69) is 47.5 Å². The average Bonchev–Trinajstić information content (AvgIpc) is 3.38. The Balaban J connectivity index is 1.26. The van der Waals surface area contributed by atoms with Crippen LogP contribution in [0.3, 0.4) is 0 Å². The molecule has 3 heterocycles. The number of aryl methyl sites for hydroxylation is 2. The molecule has 4 aromatic rings. The van der Waals surface area contributed by atoms with Gasteiger partial charge in [-0.25, -0.2) is 4.98 Å². The lowest BCUT2D eigenvalue weighted by Crippen LogP contribution is -2.49. The smallest absolute Gasteiger partial charge is 0.228 e. The predicted molar refractivity (Wildman–Crippen MR) is 132 cm³/mol. The maximum absolute atomic E-state index is 13.0. The molecule has 0 N–H and O–H groups in total. The Morgan fingerprint density at radius 3 is 2.50 bits per heavy atom. The molecule has 5 nitrogen and oxygen atoms in total. The number of nitrogens with zero attached hydrogens (tertiary/aromatic N) is 4. The number of hydrogen-bond donors (Lipinski definition) is 0. The molecule has 164 valence electrons. The molecule has 1 fully saturated rings. The summed E-state index contributed by atoms with van der Waals surface area (Å²) in [6.45, 7) is 7.35. The molecule has 1 saturated heterocycles. The second-order valence-corrected chi connectivity index (χ2v) is 9.60. The summed E-state index contributed by atoms with van der Waals surface area (Å²) in [5.41, 5.74) is 6.74. The summed E-state index contributed by atoms with van der Waals surface area (Å²) < 4.78 is 2.07. The van der Waals surface area contributed by atoms with Gasteiger partial charge in [-0.3, -0.25) is 9.20 Å². The highest BCUT2D eigenvalue weighted by Gasteiger charge is 2.22. The summed E-state index contributed by atoms with van der Waals surface area (Å²) in [4.78, 5) is 23.0. The summed E-state index contributed by atoms with van der Waals surface area (Å²) in [5, 5.41) is 2.79. The van der Waals surface area contributed by atoms with Gasteiger partial charge in [0.25, 0.3) is 0 Å². The van der Waals surface area contributed by atoms with Crippen LogP contribution < -0.4 is 4.90 Å². The van der Waals surface area contributed by atoms with Gasteiger partial charge in [0.1, 0.15) is 0 Å². The van der Waals surface area contributed by atoms with Crippen molar-refractivity contribution < 1.29 is 4.79 Å². The van der Waals surface area contributed by atoms with Crippen molar-refractivity contribution in [2.75, 3.05) is 31.1 Å². The molecule has 1 amide bonds. The molecule has 0 saturated carbocycles. The predicted octanol–water partition coefficient (Wildman–Crippen LogP) is 5.22. The summed E-state index contributed by atoms with van der Waals surface area (Å²) in [5.74, 6) is 0.168. The van der Waals surface area contributed by atoms with Crippen LogP contribution in [0.4, 0.5) is 5.69 Å². The van der Waals surface area contributed by atoms with E-state index >= 15 is 0 Å². The standard InChI is InChI=1S/C25H25ClN4OS/c1-17-3-4-19(13-18(17)2)23-15-30-22(16-32-25(30)27-23)14-24(31)29-11-9-28(10-12-29)21-7-5-20(26)6-8-21/h3-8,13,15-16H,9-12,14H2,1-2H3. The minimum atomic E-state index is 0.168. The Hall–Kier alpha value is -2.83. The van der Waals surface area contributed by atoms with Gasteiger partial charge in [-0.1, -0.05) is 23.7 Å². The number of halogens is 1. The van der Waals surface area contributed by atoms with Gasteiger partial charge in [0.05, 0.1) is 12.1 Å². The Morgan fingerprint density at radius 2 is 1.78 bits per heavy atom. The highest BCUT2D eigenvalue weighted by Crippen LogP contribution is 2.26. The maximum atomic E-state index is 13.0. The van der Waals surface area contributed by atoms with Crippen LogP contribution in [0.5, 0.6) is 0 Å². The number of imidazole rings is 1. The number of amides is 1. The number of thiazole rings is 1. The molecule has 0 unspecified atom stereocenters. The summed E-state index contributed by atoms with van der Waals surface area (Å²) >= 11 is 7.58. The molecule has 2 aromatic heterocycles. The van der Waals surface area contributed by atoms with Crippen molar-refractivity contribution >= 4 is 39.5 Å². The number of fused-ring (bicyclic) bond motifs is 1. The largest absolute Gasteiger partial charge is 0.368 e. The first-order chi connectivity index (χ1) is 15.5. The first kappa shape index (κ1) is 21.0. The van der Waals surface area contributed by atoms with E-state index in [1.807, 2.05) is 34.5 Å². The Bertz CT molecular complexity index is 1270. The lowest BCUT2D eigenvalue weighted by molar-refractivity contribution is -0.130. The molecule has 1 aliphatic heterocycles. The fourth-order valence-corrected chi connectivity index (χ4v) is 5.13. The second kappa shape index (κ2) is 8.60. The van der Waals surface area contributed by atoms with Crippen LogP contribution in [0, 0.1) is 13.8 Å². The molecular weight excluding hydrogens is 440 g/mol. The van der Waals surface area contributed by atoms with Crippen LogP contribution in [0.25, 0.3) is 16.2 Å². The van der Waals surface area contributed by atoms with Gasteiger partial charge < -0.3 is 9.80 Å². The van der Waals surface area contributed by atoms with Gasteiger partial charge in [0, 0.05) is 59.7 Å². The van der Waals surface area contributed by atoms with Gasteiger partial charge in [-0.2, -0.15) is 0 Å². The molecule has 0 spiro atoms. The minimum absolute atomic E-state index is 0.168. The third-order valence-corrected chi connectivity index (χ3v) is 7.38. The van der Waals surface area contributed by atoms with Crippen molar-refractivity contribution in [2.45, 2.75) is 20.3 Å². The highest BCUT2D eigenvalue weighted by atomic mass is 35.5. The number of anilines is 1. The van der Waals surface area contributed by atoms with Crippen LogP contribution >= 0.6 is 22.9 Å². The van der Waals surface area contributed by atoms with Crippen LogP contribution in [0.1, 0.15) is 16.8 Å². The Labute approximate surface area is 196 Å². The number of carbonyl (C=O) groups is 1. The highest BCUT2D eigenvalue weighted by molar-refractivity contribution is 7.15. The second-order valence-electron chi connectivity index (χ2n) is 8.33. The van der Waals surface area contributed by atoms with Crippen LogP contribution in [-0.2, 0) is 11.2 Å². The first-order valence-electron chi connectivity index (χ1n) is 10.8. The fraction of sp³-hybridized carbons (Fsp3) is 0.280. The fourth-order valence-electron chi connectivity index (χ4n) is 4.13. The number of aromatic nitrogens is 2. The minimum Gasteiger partial charge on any atom is -0.368 e. The van der Waals surface area contributed by atoms with Gasteiger partial charge >= 0.3 is 0 Å². The van der Waals surface area contributed by atoms with Gasteiger partial charge in [0.2, 0.25) is 5.91 Å². The molecular formula is C25H25ClN4OS. The number of rotatable bonds is 4. The topological polar surface area (TPSA) is 40.9 Å². The van der Waals surface area contributed by atoms with E-state index in [1.165, 1.54) is 11.1 Å². The van der Waals surface area contributed by atoms with Crippen molar-refractivity contribution in [1.29, 1.82) is 0 Å². The van der Waals surface area contributed by atoms with Gasteiger partial charge in [-0.15, -0.1) is 11.3 Å². The van der Waals surface area contributed by atoms with Crippen molar-refractivity contribution in [3.63, 3.8) is 0 Å². The van der Waals surface area contributed by atoms with Gasteiger partial charge in [-0.05, 0) is 55.3 Å². The summed E-state index contributed by atoms with van der Waals surface area (Å²) in [6, 6.07) is 14.3. The number of carbonyl (C=O) groups excluding carboxylic acids is 1. The maximum Gasteiger partial charge on any atom is 0.228 e. The SMILES string of the molecule is Cc1ccc(-c2cn3c(CC(=O)N4CCN(c5ccc(Cl)cc5)CC4)csc3n2)cc1C. The Morgan fingerprint density at radius 1 is 1.03 bits per heavy atom. The molecule has 0 bridgehead atoms. The Kier molecular flexibility index (Phi) is 5.66. The first-order valence-corrected chi connectivity index (χ1v) is 12.0. The molecule has 0 aliphatic carbocycles. The number of benzene rings is 2.